The van der Waals surface area contributed by atoms with E-state index in [2.05, 4.69) is 10.3 Å². The molecular weight excluding hydrogens is 294 g/mol. The first kappa shape index (κ1) is 16.7. The topological polar surface area (TPSA) is 73.2 Å². The highest BCUT2D eigenvalue weighted by atomic mass is 16.5. The molecule has 1 aromatic heterocycles. The minimum absolute atomic E-state index is 0.273. The summed E-state index contributed by atoms with van der Waals surface area (Å²) < 4.78 is 6.74. The molecule has 1 aromatic carbocycles. The van der Waals surface area contributed by atoms with Gasteiger partial charge in [-0.25, -0.2) is 4.79 Å². The lowest BCUT2D eigenvalue weighted by atomic mass is 10.2. The van der Waals surface area contributed by atoms with E-state index in [9.17, 15) is 9.59 Å². The van der Waals surface area contributed by atoms with Crippen molar-refractivity contribution >= 4 is 11.6 Å². The maximum atomic E-state index is 12.4. The molecule has 0 saturated heterocycles. The van der Waals surface area contributed by atoms with Gasteiger partial charge in [0, 0.05) is 17.1 Å². The summed E-state index contributed by atoms with van der Waals surface area (Å²) in [5, 5.41) is 2.80. The number of hydrogen-bond acceptors (Lipinski definition) is 4. The maximum absolute atomic E-state index is 12.4. The molecule has 122 valence electrons. The van der Waals surface area contributed by atoms with Crippen molar-refractivity contribution in [1.82, 2.24) is 9.55 Å². The Kier molecular flexibility index (Phi) is 5.16. The number of rotatable bonds is 5. The number of aryl methyl sites for hydroxylation is 2. The summed E-state index contributed by atoms with van der Waals surface area (Å²) in [4.78, 5) is 28.3. The SMILES string of the molecule is CCOc1ccc(NC(=O)[C@@H](C)n2c(C)cc(C)nc2=O)cc1. The van der Waals surface area contributed by atoms with Crippen molar-refractivity contribution in [3.05, 3.63) is 52.2 Å². The van der Waals surface area contributed by atoms with Crippen LogP contribution in [-0.2, 0) is 4.79 Å². The van der Waals surface area contributed by atoms with Crippen molar-refractivity contribution in [3.63, 3.8) is 0 Å². The molecule has 0 bridgehead atoms. The van der Waals surface area contributed by atoms with E-state index in [1.807, 2.05) is 6.92 Å². The van der Waals surface area contributed by atoms with E-state index >= 15 is 0 Å². The van der Waals surface area contributed by atoms with Gasteiger partial charge in [0.1, 0.15) is 11.8 Å². The first-order valence-electron chi connectivity index (χ1n) is 7.53. The average molecular weight is 315 g/mol. The predicted molar refractivity (Wildman–Crippen MR) is 88.9 cm³/mol. The summed E-state index contributed by atoms with van der Waals surface area (Å²) in [6.45, 7) is 7.72. The zero-order valence-electron chi connectivity index (χ0n) is 13.8. The minimum atomic E-state index is -0.651. The fraction of sp³-hybridized carbons (Fsp3) is 0.353. The Labute approximate surface area is 135 Å². The van der Waals surface area contributed by atoms with Gasteiger partial charge in [-0.15, -0.1) is 0 Å². The second-order valence-corrected chi connectivity index (χ2v) is 5.31. The second-order valence-electron chi connectivity index (χ2n) is 5.31. The maximum Gasteiger partial charge on any atom is 0.348 e. The zero-order chi connectivity index (χ0) is 17.0. The molecule has 0 fully saturated rings. The Morgan fingerprint density at radius 1 is 1.30 bits per heavy atom. The van der Waals surface area contributed by atoms with Crippen LogP contribution in [0.15, 0.2) is 35.1 Å². The molecule has 1 heterocycles. The molecule has 0 spiro atoms. The summed E-state index contributed by atoms with van der Waals surface area (Å²) in [7, 11) is 0. The van der Waals surface area contributed by atoms with Crippen LogP contribution < -0.4 is 15.7 Å². The number of carbonyl (C=O) groups excluding carboxylic acids is 1. The molecule has 6 nitrogen and oxygen atoms in total. The monoisotopic (exact) mass is 315 g/mol. The molecule has 0 aliphatic heterocycles. The van der Waals surface area contributed by atoms with Crippen molar-refractivity contribution in [3.8, 4) is 5.75 Å². The summed E-state index contributed by atoms with van der Waals surface area (Å²) >= 11 is 0. The highest BCUT2D eigenvalue weighted by Crippen LogP contribution is 2.17. The van der Waals surface area contributed by atoms with Crippen molar-refractivity contribution in [2.24, 2.45) is 0 Å². The van der Waals surface area contributed by atoms with Gasteiger partial charge in [0.25, 0.3) is 0 Å². The number of carbonyl (C=O) groups is 1. The Bertz CT molecular complexity index is 751. The number of nitrogens with zero attached hydrogens (tertiary/aromatic N) is 2. The van der Waals surface area contributed by atoms with Crippen molar-refractivity contribution < 1.29 is 9.53 Å². The summed E-state index contributed by atoms with van der Waals surface area (Å²) in [6.07, 6.45) is 0. The van der Waals surface area contributed by atoms with Crippen LogP contribution in [0.25, 0.3) is 0 Å². The summed E-state index contributed by atoms with van der Waals surface area (Å²) in [5.41, 5.74) is 1.58. The van der Waals surface area contributed by atoms with Gasteiger partial charge in [-0.2, -0.15) is 4.98 Å². The highest BCUT2D eigenvalue weighted by Gasteiger charge is 2.18. The number of nitrogens with one attached hydrogen (secondary N) is 1. The van der Waals surface area contributed by atoms with Crippen LogP contribution in [0.2, 0.25) is 0 Å². The molecule has 1 amide bonds. The van der Waals surface area contributed by atoms with E-state index in [1.54, 1.807) is 51.1 Å². The van der Waals surface area contributed by atoms with Crippen molar-refractivity contribution in [1.29, 1.82) is 0 Å². The average Bonchev–Trinajstić information content (AvgIpc) is 2.48. The van der Waals surface area contributed by atoms with Crippen LogP contribution in [-0.4, -0.2) is 22.1 Å². The molecule has 0 aliphatic carbocycles. The number of aromatic nitrogens is 2. The number of amides is 1. The lowest BCUT2D eigenvalue weighted by Crippen LogP contribution is -2.34. The van der Waals surface area contributed by atoms with Gasteiger partial charge in [0.2, 0.25) is 5.91 Å². The van der Waals surface area contributed by atoms with Crippen LogP contribution in [0.1, 0.15) is 31.3 Å². The Balaban J connectivity index is 2.16. The van der Waals surface area contributed by atoms with E-state index in [4.69, 9.17) is 4.74 Å². The fourth-order valence-corrected chi connectivity index (χ4v) is 2.40. The van der Waals surface area contributed by atoms with Gasteiger partial charge in [-0.3, -0.25) is 9.36 Å². The molecule has 0 unspecified atom stereocenters. The van der Waals surface area contributed by atoms with E-state index in [1.165, 1.54) is 4.57 Å². The van der Waals surface area contributed by atoms with Crippen LogP contribution >= 0.6 is 0 Å². The predicted octanol–water partition coefficient (Wildman–Crippen LogP) is 2.46. The Morgan fingerprint density at radius 2 is 1.96 bits per heavy atom. The first-order valence-corrected chi connectivity index (χ1v) is 7.53. The van der Waals surface area contributed by atoms with Gasteiger partial charge in [0.05, 0.1) is 6.61 Å². The third-order valence-corrected chi connectivity index (χ3v) is 3.48. The molecule has 0 aliphatic rings. The van der Waals surface area contributed by atoms with E-state index in [0.717, 1.165) is 5.75 Å². The molecule has 23 heavy (non-hydrogen) atoms. The lowest BCUT2D eigenvalue weighted by molar-refractivity contribution is -0.118. The third-order valence-electron chi connectivity index (χ3n) is 3.48. The Hall–Kier alpha value is -2.63. The molecule has 0 radical (unpaired) electrons. The number of benzene rings is 1. The number of anilines is 1. The number of hydrogen-bond donors (Lipinski definition) is 1. The minimum Gasteiger partial charge on any atom is -0.494 e. The number of ether oxygens (including phenoxy) is 1. The quantitative estimate of drug-likeness (QED) is 0.920. The smallest absolute Gasteiger partial charge is 0.348 e. The van der Waals surface area contributed by atoms with E-state index in [-0.39, 0.29) is 5.91 Å². The second kappa shape index (κ2) is 7.09. The van der Waals surface area contributed by atoms with Gasteiger partial charge < -0.3 is 10.1 Å². The Morgan fingerprint density at radius 3 is 2.52 bits per heavy atom. The van der Waals surface area contributed by atoms with Gasteiger partial charge in [-0.05, 0) is 58.0 Å². The van der Waals surface area contributed by atoms with E-state index in [0.29, 0.717) is 23.7 Å². The largest absolute Gasteiger partial charge is 0.494 e. The fourth-order valence-electron chi connectivity index (χ4n) is 2.40. The van der Waals surface area contributed by atoms with E-state index < -0.39 is 11.7 Å². The van der Waals surface area contributed by atoms with Crippen LogP contribution in [0, 0.1) is 13.8 Å². The molecule has 0 saturated carbocycles. The van der Waals surface area contributed by atoms with Crippen molar-refractivity contribution in [2.75, 3.05) is 11.9 Å². The van der Waals surface area contributed by atoms with Gasteiger partial charge in [-0.1, -0.05) is 0 Å². The van der Waals surface area contributed by atoms with Crippen molar-refractivity contribution in [2.45, 2.75) is 33.7 Å². The van der Waals surface area contributed by atoms with Crippen LogP contribution in [0.4, 0.5) is 5.69 Å². The highest BCUT2D eigenvalue weighted by molar-refractivity contribution is 5.93. The normalized spacial score (nSPS) is 11.8. The van der Waals surface area contributed by atoms with Gasteiger partial charge >= 0.3 is 5.69 Å². The summed E-state index contributed by atoms with van der Waals surface area (Å²) in [5.74, 6) is 0.471. The summed E-state index contributed by atoms with van der Waals surface area (Å²) in [6, 6.07) is 8.23. The first-order chi connectivity index (χ1) is 10.9. The zero-order valence-corrected chi connectivity index (χ0v) is 13.8. The standard InChI is InChI=1S/C17H21N3O3/c1-5-23-15-8-6-14(7-9-15)19-16(21)13(4)20-12(3)10-11(2)18-17(20)22/h6-10,13H,5H2,1-4H3,(H,19,21)/t13-/m1/s1. The third kappa shape index (κ3) is 3.97. The molecule has 1 N–H and O–H groups in total. The van der Waals surface area contributed by atoms with Gasteiger partial charge in [0.15, 0.2) is 0 Å². The molecule has 2 rings (SSSR count). The lowest BCUT2D eigenvalue weighted by Gasteiger charge is -2.17. The molecule has 1 atom stereocenters. The molecular formula is C17H21N3O3. The van der Waals surface area contributed by atoms with Crippen LogP contribution in [0.5, 0.6) is 5.75 Å². The van der Waals surface area contributed by atoms with Crippen LogP contribution in [0.3, 0.4) is 0 Å². The molecule has 6 heteroatoms. The molecule has 2 aromatic rings.